The summed E-state index contributed by atoms with van der Waals surface area (Å²) < 4.78 is 0. The van der Waals surface area contributed by atoms with Gasteiger partial charge in [-0.2, -0.15) is 0 Å². The lowest BCUT2D eigenvalue weighted by Gasteiger charge is -2.18. The maximum Gasteiger partial charge on any atom is 0.246 e. The summed E-state index contributed by atoms with van der Waals surface area (Å²) in [5.41, 5.74) is 7.44. The molecule has 0 spiro atoms. The van der Waals surface area contributed by atoms with Crippen LogP contribution in [0.5, 0.6) is 0 Å². The predicted molar refractivity (Wildman–Crippen MR) is 88.7 cm³/mol. The maximum atomic E-state index is 12.3. The first-order chi connectivity index (χ1) is 10.2. The number of hydrogen-bond donors (Lipinski definition) is 1. The molecule has 1 aliphatic rings. The predicted octanol–water partition coefficient (Wildman–Crippen LogP) is 3.71. The molecule has 0 aliphatic carbocycles. The fourth-order valence-corrected chi connectivity index (χ4v) is 3.02. The monoisotopic (exact) mass is 286 g/mol. The van der Waals surface area contributed by atoms with E-state index in [9.17, 15) is 4.79 Å². The highest BCUT2D eigenvalue weighted by molar-refractivity contribution is 5.91. The van der Waals surface area contributed by atoms with Crippen LogP contribution in [0.2, 0.25) is 0 Å². The third-order valence-electron chi connectivity index (χ3n) is 4.19. The number of benzene rings is 1. The Morgan fingerprint density at radius 2 is 2.24 bits per heavy atom. The number of nitrogens with zero attached hydrogens (tertiary/aromatic N) is 1. The minimum absolute atomic E-state index is 0.120. The van der Waals surface area contributed by atoms with E-state index in [1.807, 2.05) is 35.2 Å². The van der Waals surface area contributed by atoms with Crippen molar-refractivity contribution in [3.05, 3.63) is 35.9 Å². The average Bonchev–Trinajstić information content (AvgIpc) is 2.71. The van der Waals surface area contributed by atoms with Crippen LogP contribution < -0.4 is 5.73 Å². The second-order valence-electron chi connectivity index (χ2n) is 5.91. The molecule has 1 amide bonds. The van der Waals surface area contributed by atoms with E-state index in [0.29, 0.717) is 0 Å². The smallest absolute Gasteiger partial charge is 0.246 e. The molecular weight excluding hydrogens is 260 g/mol. The fraction of sp³-hybridized carbons (Fsp3) is 0.500. The molecule has 1 aromatic carbocycles. The summed E-state index contributed by atoms with van der Waals surface area (Å²) in [6.45, 7) is 4.02. The van der Waals surface area contributed by atoms with Gasteiger partial charge in [-0.25, -0.2) is 0 Å². The number of nitrogen functional groups attached to an aromatic ring is 1. The van der Waals surface area contributed by atoms with Crippen molar-refractivity contribution < 1.29 is 4.79 Å². The highest BCUT2D eigenvalue weighted by Gasteiger charge is 2.18. The average molecular weight is 286 g/mol. The zero-order valence-corrected chi connectivity index (χ0v) is 12.9. The van der Waals surface area contributed by atoms with E-state index in [2.05, 4.69) is 6.92 Å². The second kappa shape index (κ2) is 7.87. The number of likely N-dealkylation sites (tertiary alicyclic amines) is 1. The Labute approximate surface area is 127 Å². The number of anilines is 1. The minimum Gasteiger partial charge on any atom is -0.399 e. The molecule has 1 atom stereocenters. The van der Waals surface area contributed by atoms with Gasteiger partial charge in [0, 0.05) is 24.9 Å². The van der Waals surface area contributed by atoms with Crippen molar-refractivity contribution in [3.8, 4) is 0 Å². The summed E-state index contributed by atoms with van der Waals surface area (Å²) in [5, 5.41) is 0. The lowest BCUT2D eigenvalue weighted by atomic mass is 9.96. The first kappa shape index (κ1) is 15.6. The van der Waals surface area contributed by atoms with Crippen LogP contribution in [0.25, 0.3) is 6.08 Å². The lowest BCUT2D eigenvalue weighted by Crippen LogP contribution is -2.30. The Hall–Kier alpha value is -1.77. The van der Waals surface area contributed by atoms with Crippen LogP contribution in [0.3, 0.4) is 0 Å². The van der Waals surface area contributed by atoms with E-state index in [1.165, 1.54) is 19.3 Å². The zero-order valence-electron chi connectivity index (χ0n) is 12.9. The highest BCUT2D eigenvalue weighted by atomic mass is 16.2. The van der Waals surface area contributed by atoms with Gasteiger partial charge in [0.15, 0.2) is 0 Å². The summed E-state index contributed by atoms with van der Waals surface area (Å²) in [5.74, 6) is 0.917. The van der Waals surface area contributed by atoms with Gasteiger partial charge in [-0.3, -0.25) is 4.79 Å². The summed E-state index contributed by atoms with van der Waals surface area (Å²) in [6.07, 6.45) is 9.60. The van der Waals surface area contributed by atoms with Crippen LogP contribution in [0, 0.1) is 5.92 Å². The van der Waals surface area contributed by atoms with Gasteiger partial charge in [0.1, 0.15) is 0 Å². The lowest BCUT2D eigenvalue weighted by molar-refractivity contribution is -0.125. The molecule has 0 saturated carbocycles. The number of hydrogen-bond acceptors (Lipinski definition) is 2. The Bertz CT molecular complexity index is 496. The first-order valence-electron chi connectivity index (χ1n) is 8.01. The fourth-order valence-electron chi connectivity index (χ4n) is 3.02. The van der Waals surface area contributed by atoms with Crippen LogP contribution in [-0.2, 0) is 4.79 Å². The summed E-state index contributed by atoms with van der Waals surface area (Å²) in [4.78, 5) is 14.3. The summed E-state index contributed by atoms with van der Waals surface area (Å²) in [7, 11) is 0. The number of carbonyl (C=O) groups excluding carboxylic acids is 1. The molecule has 2 rings (SSSR count). The van der Waals surface area contributed by atoms with E-state index in [0.717, 1.165) is 43.1 Å². The van der Waals surface area contributed by atoms with Gasteiger partial charge in [-0.1, -0.05) is 31.9 Å². The molecule has 1 fully saturated rings. The van der Waals surface area contributed by atoms with E-state index < -0.39 is 0 Å². The summed E-state index contributed by atoms with van der Waals surface area (Å²) in [6, 6.07) is 7.59. The van der Waals surface area contributed by atoms with Gasteiger partial charge in [0.25, 0.3) is 0 Å². The minimum atomic E-state index is 0.120. The van der Waals surface area contributed by atoms with Gasteiger partial charge in [-0.15, -0.1) is 0 Å². The van der Waals surface area contributed by atoms with Crippen LogP contribution >= 0.6 is 0 Å². The van der Waals surface area contributed by atoms with Gasteiger partial charge >= 0.3 is 0 Å². The molecule has 0 aromatic heterocycles. The molecule has 1 heterocycles. The molecule has 1 saturated heterocycles. The third-order valence-corrected chi connectivity index (χ3v) is 4.19. The topological polar surface area (TPSA) is 46.3 Å². The normalized spacial score (nSPS) is 19.7. The van der Waals surface area contributed by atoms with Crippen molar-refractivity contribution in [1.82, 2.24) is 4.90 Å². The maximum absolute atomic E-state index is 12.3. The zero-order chi connectivity index (χ0) is 15.1. The Morgan fingerprint density at radius 3 is 3.00 bits per heavy atom. The van der Waals surface area contributed by atoms with Crippen molar-refractivity contribution in [3.63, 3.8) is 0 Å². The molecule has 21 heavy (non-hydrogen) atoms. The van der Waals surface area contributed by atoms with E-state index in [1.54, 1.807) is 6.08 Å². The van der Waals surface area contributed by atoms with Gasteiger partial charge in [-0.05, 0) is 49.0 Å². The number of amides is 1. The molecule has 0 bridgehead atoms. The standard InChI is InChI=1S/C18H26N2O/c1-2-5-15-7-4-12-20(13-11-15)18(21)10-9-16-6-3-8-17(19)14-16/h3,6,8-10,14-15H,2,4-5,7,11-13,19H2,1H3/b10-9+. The number of rotatable bonds is 4. The van der Waals surface area contributed by atoms with E-state index in [-0.39, 0.29) is 5.91 Å². The van der Waals surface area contributed by atoms with Crippen molar-refractivity contribution in [1.29, 1.82) is 0 Å². The van der Waals surface area contributed by atoms with Crippen LogP contribution in [0.4, 0.5) is 5.69 Å². The van der Waals surface area contributed by atoms with Crippen molar-refractivity contribution in [2.75, 3.05) is 18.8 Å². The SMILES string of the molecule is CCCC1CCCN(C(=O)/C=C/c2cccc(N)c2)CC1. The van der Waals surface area contributed by atoms with Crippen LogP contribution in [0.15, 0.2) is 30.3 Å². The van der Waals surface area contributed by atoms with Crippen LogP contribution in [0.1, 0.15) is 44.6 Å². The molecule has 1 aliphatic heterocycles. The Kier molecular flexibility index (Phi) is 5.85. The van der Waals surface area contributed by atoms with Crippen molar-refractivity contribution >= 4 is 17.7 Å². The van der Waals surface area contributed by atoms with Gasteiger partial charge in [0.05, 0.1) is 0 Å². The van der Waals surface area contributed by atoms with Gasteiger partial charge < -0.3 is 10.6 Å². The molecule has 1 unspecified atom stereocenters. The van der Waals surface area contributed by atoms with Crippen molar-refractivity contribution in [2.45, 2.75) is 39.0 Å². The van der Waals surface area contributed by atoms with E-state index in [4.69, 9.17) is 5.73 Å². The second-order valence-corrected chi connectivity index (χ2v) is 5.91. The van der Waals surface area contributed by atoms with Gasteiger partial charge in [0.2, 0.25) is 5.91 Å². The van der Waals surface area contributed by atoms with Crippen molar-refractivity contribution in [2.24, 2.45) is 5.92 Å². The Morgan fingerprint density at radius 1 is 1.38 bits per heavy atom. The van der Waals surface area contributed by atoms with E-state index >= 15 is 0 Å². The Balaban J connectivity index is 1.91. The summed E-state index contributed by atoms with van der Waals surface area (Å²) >= 11 is 0. The quantitative estimate of drug-likeness (QED) is 0.677. The largest absolute Gasteiger partial charge is 0.399 e. The third kappa shape index (κ3) is 4.92. The van der Waals surface area contributed by atoms with Crippen LogP contribution in [-0.4, -0.2) is 23.9 Å². The molecule has 0 radical (unpaired) electrons. The molecular formula is C18H26N2O. The molecule has 2 N–H and O–H groups in total. The molecule has 3 nitrogen and oxygen atoms in total. The number of carbonyl (C=O) groups is 1. The first-order valence-corrected chi connectivity index (χ1v) is 8.01. The molecule has 3 heteroatoms. The molecule has 114 valence electrons. The molecule has 1 aromatic rings. The number of nitrogens with two attached hydrogens (primary N) is 1. The highest BCUT2D eigenvalue weighted by Crippen LogP contribution is 2.22.